The van der Waals surface area contributed by atoms with Crippen LogP contribution in [0.1, 0.15) is 23.6 Å². The summed E-state index contributed by atoms with van der Waals surface area (Å²) in [6, 6.07) is 29.1. The van der Waals surface area contributed by atoms with Gasteiger partial charge in [-0.3, -0.25) is 4.99 Å². The molecule has 146 valence electrons. The second kappa shape index (κ2) is 10.2. The lowest BCUT2D eigenvalue weighted by molar-refractivity contribution is -0.144. The molecule has 0 aliphatic heterocycles. The van der Waals surface area contributed by atoms with Gasteiger partial charge in [-0.25, -0.2) is 4.79 Å². The molecule has 3 nitrogen and oxygen atoms in total. The maximum absolute atomic E-state index is 12.9. The molecule has 1 unspecified atom stereocenters. The zero-order chi connectivity index (χ0) is 20.5. The fraction of sp³-hybridized carbons (Fsp3) is 0.154. The second-order valence-electron chi connectivity index (χ2n) is 6.98. The fourth-order valence-electron chi connectivity index (χ4n) is 2.97. The average molecular weight is 383 g/mol. The van der Waals surface area contributed by atoms with Crippen LogP contribution in [-0.4, -0.2) is 24.3 Å². The minimum Gasteiger partial charge on any atom is -0.460 e. The molecule has 3 heteroatoms. The molecule has 3 aromatic rings. The van der Waals surface area contributed by atoms with E-state index in [0.717, 1.165) is 28.0 Å². The molecular weight excluding hydrogens is 358 g/mol. The minimum absolute atomic E-state index is 0.200. The van der Waals surface area contributed by atoms with E-state index in [9.17, 15) is 4.79 Å². The van der Waals surface area contributed by atoms with E-state index in [1.807, 2.05) is 97.9 Å². The van der Waals surface area contributed by atoms with Gasteiger partial charge in [-0.1, -0.05) is 97.6 Å². The van der Waals surface area contributed by atoms with Gasteiger partial charge in [0, 0.05) is 17.5 Å². The number of hydrogen-bond donors (Lipinski definition) is 0. The molecule has 0 aromatic heterocycles. The fourth-order valence-corrected chi connectivity index (χ4v) is 2.97. The molecule has 0 aliphatic carbocycles. The summed E-state index contributed by atoms with van der Waals surface area (Å²) in [5.41, 5.74) is 4.54. The van der Waals surface area contributed by atoms with E-state index in [2.05, 4.69) is 6.58 Å². The van der Waals surface area contributed by atoms with E-state index in [1.54, 1.807) is 0 Å². The van der Waals surface area contributed by atoms with Crippen molar-refractivity contribution >= 4 is 11.7 Å². The standard InChI is InChI=1S/C26H25NO2/c1-20(2)19-29-26(28)24(18-21-12-6-3-7-13-21)27-25(22-14-8-4-9-15-22)23-16-10-5-11-17-23/h3-17,24H,1,18-19H2,2H3. The Kier molecular flexibility index (Phi) is 7.12. The van der Waals surface area contributed by atoms with Crippen LogP contribution in [0.25, 0.3) is 0 Å². The van der Waals surface area contributed by atoms with Crippen molar-refractivity contribution in [2.45, 2.75) is 19.4 Å². The highest BCUT2D eigenvalue weighted by Gasteiger charge is 2.22. The Bertz CT molecular complexity index is 922. The number of benzene rings is 3. The number of carbonyl (C=O) groups excluding carboxylic acids is 1. The van der Waals surface area contributed by atoms with Gasteiger partial charge in [-0.05, 0) is 18.1 Å². The Labute approximate surface area is 172 Å². The highest BCUT2D eigenvalue weighted by molar-refractivity contribution is 6.13. The molecule has 0 saturated heterocycles. The van der Waals surface area contributed by atoms with Crippen molar-refractivity contribution in [1.29, 1.82) is 0 Å². The Balaban J connectivity index is 2.01. The molecule has 0 spiro atoms. The molecule has 0 N–H and O–H groups in total. The molecule has 1 atom stereocenters. The average Bonchev–Trinajstić information content (AvgIpc) is 2.76. The van der Waals surface area contributed by atoms with E-state index >= 15 is 0 Å². The van der Waals surface area contributed by atoms with Crippen LogP contribution in [-0.2, 0) is 16.0 Å². The predicted molar refractivity (Wildman–Crippen MR) is 118 cm³/mol. The van der Waals surface area contributed by atoms with Crippen molar-refractivity contribution in [3.8, 4) is 0 Å². The van der Waals surface area contributed by atoms with Crippen LogP contribution < -0.4 is 0 Å². The highest BCUT2D eigenvalue weighted by atomic mass is 16.5. The van der Waals surface area contributed by atoms with E-state index in [0.29, 0.717) is 6.42 Å². The Hall–Kier alpha value is -3.46. The number of hydrogen-bond acceptors (Lipinski definition) is 3. The summed E-state index contributed by atoms with van der Waals surface area (Å²) in [4.78, 5) is 17.8. The first-order valence-electron chi connectivity index (χ1n) is 9.67. The van der Waals surface area contributed by atoms with Gasteiger partial charge in [-0.2, -0.15) is 0 Å². The molecule has 0 bridgehead atoms. The molecule has 3 aromatic carbocycles. The van der Waals surface area contributed by atoms with Gasteiger partial charge in [-0.15, -0.1) is 0 Å². The number of esters is 1. The number of ether oxygens (including phenoxy) is 1. The molecule has 0 saturated carbocycles. The van der Waals surface area contributed by atoms with Crippen LogP contribution in [0.5, 0.6) is 0 Å². The molecule has 0 fully saturated rings. The smallest absolute Gasteiger partial charge is 0.331 e. The van der Waals surface area contributed by atoms with Crippen LogP contribution >= 0.6 is 0 Å². The lowest BCUT2D eigenvalue weighted by Crippen LogP contribution is -2.26. The first kappa shape index (κ1) is 20.3. The molecule has 0 heterocycles. The monoisotopic (exact) mass is 383 g/mol. The van der Waals surface area contributed by atoms with Crippen LogP contribution in [0, 0.1) is 0 Å². The van der Waals surface area contributed by atoms with Gasteiger partial charge in [0.2, 0.25) is 0 Å². The van der Waals surface area contributed by atoms with Crippen LogP contribution in [0.2, 0.25) is 0 Å². The molecule has 0 radical (unpaired) electrons. The van der Waals surface area contributed by atoms with Crippen molar-refractivity contribution in [3.63, 3.8) is 0 Å². The van der Waals surface area contributed by atoms with Gasteiger partial charge in [0.05, 0.1) is 5.71 Å². The van der Waals surface area contributed by atoms with Crippen LogP contribution in [0.15, 0.2) is 108 Å². The predicted octanol–water partition coefficient (Wildman–Crippen LogP) is 5.25. The van der Waals surface area contributed by atoms with Crippen molar-refractivity contribution < 1.29 is 9.53 Å². The van der Waals surface area contributed by atoms with Gasteiger partial charge >= 0.3 is 5.97 Å². The van der Waals surface area contributed by atoms with Crippen LogP contribution in [0.4, 0.5) is 0 Å². The van der Waals surface area contributed by atoms with Crippen LogP contribution in [0.3, 0.4) is 0 Å². The van der Waals surface area contributed by atoms with Crippen molar-refractivity contribution in [2.24, 2.45) is 4.99 Å². The van der Waals surface area contributed by atoms with Gasteiger partial charge in [0.15, 0.2) is 6.04 Å². The zero-order valence-corrected chi connectivity index (χ0v) is 16.6. The van der Waals surface area contributed by atoms with E-state index in [-0.39, 0.29) is 12.6 Å². The van der Waals surface area contributed by atoms with Crippen molar-refractivity contribution in [3.05, 3.63) is 120 Å². The summed E-state index contributed by atoms with van der Waals surface area (Å²) in [6.07, 6.45) is 0.471. The van der Waals surface area contributed by atoms with Crippen molar-refractivity contribution in [1.82, 2.24) is 0 Å². The third-order valence-corrected chi connectivity index (χ3v) is 4.38. The summed E-state index contributed by atoms with van der Waals surface area (Å²) < 4.78 is 5.46. The normalized spacial score (nSPS) is 11.3. The molecule has 0 aliphatic rings. The lowest BCUT2D eigenvalue weighted by atomic mass is 10.0. The largest absolute Gasteiger partial charge is 0.460 e. The first-order valence-corrected chi connectivity index (χ1v) is 9.67. The highest BCUT2D eigenvalue weighted by Crippen LogP contribution is 2.16. The number of aliphatic imine (C=N–C) groups is 1. The minimum atomic E-state index is -0.646. The Morgan fingerprint density at radius 3 is 1.83 bits per heavy atom. The van der Waals surface area contributed by atoms with E-state index in [4.69, 9.17) is 9.73 Å². The third-order valence-electron chi connectivity index (χ3n) is 4.38. The molecule has 3 rings (SSSR count). The number of rotatable bonds is 8. The number of nitrogens with zero attached hydrogens (tertiary/aromatic N) is 1. The Morgan fingerprint density at radius 2 is 1.34 bits per heavy atom. The molecule has 0 amide bonds. The zero-order valence-electron chi connectivity index (χ0n) is 16.6. The van der Waals surface area contributed by atoms with Gasteiger partial charge in [0.25, 0.3) is 0 Å². The molecule has 29 heavy (non-hydrogen) atoms. The van der Waals surface area contributed by atoms with Gasteiger partial charge in [0.1, 0.15) is 6.61 Å². The summed E-state index contributed by atoms with van der Waals surface area (Å²) in [6.45, 7) is 5.85. The van der Waals surface area contributed by atoms with E-state index in [1.165, 1.54) is 0 Å². The van der Waals surface area contributed by atoms with E-state index < -0.39 is 6.04 Å². The summed E-state index contributed by atoms with van der Waals surface area (Å²) in [5, 5.41) is 0. The summed E-state index contributed by atoms with van der Waals surface area (Å²) in [5.74, 6) is -0.346. The number of carbonyl (C=O) groups is 1. The summed E-state index contributed by atoms with van der Waals surface area (Å²) in [7, 11) is 0. The SMILES string of the molecule is C=C(C)COC(=O)C(Cc1ccccc1)N=C(c1ccccc1)c1ccccc1. The lowest BCUT2D eigenvalue weighted by Gasteiger charge is -2.16. The first-order chi connectivity index (χ1) is 14.1. The Morgan fingerprint density at radius 1 is 0.862 bits per heavy atom. The maximum atomic E-state index is 12.9. The second-order valence-corrected chi connectivity index (χ2v) is 6.98. The topological polar surface area (TPSA) is 38.7 Å². The quantitative estimate of drug-likeness (QED) is 0.303. The maximum Gasteiger partial charge on any atom is 0.331 e. The van der Waals surface area contributed by atoms with Crippen molar-refractivity contribution in [2.75, 3.05) is 6.61 Å². The molecular formula is C26H25NO2. The summed E-state index contributed by atoms with van der Waals surface area (Å²) >= 11 is 0. The third kappa shape index (κ3) is 6.01. The van der Waals surface area contributed by atoms with Gasteiger partial charge < -0.3 is 4.74 Å².